The first kappa shape index (κ1) is 15.9. The quantitative estimate of drug-likeness (QED) is 0.844. The highest BCUT2D eigenvalue weighted by Crippen LogP contribution is 2.32. The first-order chi connectivity index (χ1) is 9.95. The summed E-state index contributed by atoms with van der Waals surface area (Å²) >= 11 is 6.17. The van der Waals surface area contributed by atoms with Crippen molar-refractivity contribution in [3.05, 3.63) is 69.2 Å². The molecule has 112 valence electrons. The van der Waals surface area contributed by atoms with Crippen molar-refractivity contribution in [2.24, 2.45) is 0 Å². The molecule has 0 aromatic heterocycles. The smallest absolute Gasteiger partial charge is 0.131 e. The molecule has 1 unspecified atom stereocenters. The Balaban J connectivity index is 2.59. The lowest BCUT2D eigenvalue weighted by atomic mass is 9.95. The number of nitrogens with one attached hydrogen (secondary N) is 1. The number of benzene rings is 2. The lowest BCUT2D eigenvalue weighted by Crippen LogP contribution is -2.23. The number of rotatable bonds is 4. The van der Waals surface area contributed by atoms with Gasteiger partial charge in [0.15, 0.2) is 0 Å². The van der Waals surface area contributed by atoms with Gasteiger partial charge in [-0.15, -0.1) is 0 Å². The van der Waals surface area contributed by atoms with Crippen LogP contribution in [-0.2, 0) is 0 Å². The lowest BCUT2D eigenvalue weighted by molar-refractivity contribution is 0.552. The second kappa shape index (κ2) is 6.54. The lowest BCUT2D eigenvalue weighted by Gasteiger charge is -2.22. The normalized spacial score (nSPS) is 12.5. The minimum absolute atomic E-state index is 0.263. The zero-order valence-electron chi connectivity index (χ0n) is 12.3. The third-order valence-electron chi connectivity index (χ3n) is 3.53. The maximum Gasteiger partial charge on any atom is 0.131 e. The highest BCUT2D eigenvalue weighted by molar-refractivity contribution is 6.31. The highest BCUT2D eigenvalue weighted by atomic mass is 35.5. The van der Waals surface area contributed by atoms with E-state index in [1.54, 1.807) is 32.0 Å². The van der Waals surface area contributed by atoms with E-state index < -0.39 is 6.04 Å². The monoisotopic (exact) mass is 309 g/mol. The van der Waals surface area contributed by atoms with Crippen molar-refractivity contribution < 1.29 is 8.78 Å². The second-order valence-corrected chi connectivity index (χ2v) is 5.50. The summed E-state index contributed by atoms with van der Waals surface area (Å²) in [7, 11) is 0. The summed E-state index contributed by atoms with van der Waals surface area (Å²) in [5.74, 6) is -0.620. The van der Waals surface area contributed by atoms with Crippen LogP contribution in [0.15, 0.2) is 30.3 Å². The average Bonchev–Trinajstić information content (AvgIpc) is 2.44. The molecule has 21 heavy (non-hydrogen) atoms. The van der Waals surface area contributed by atoms with Gasteiger partial charge in [-0.2, -0.15) is 0 Å². The fourth-order valence-electron chi connectivity index (χ4n) is 2.39. The second-order valence-electron chi connectivity index (χ2n) is 5.09. The maximum absolute atomic E-state index is 14.4. The van der Waals surface area contributed by atoms with Gasteiger partial charge < -0.3 is 5.32 Å². The predicted molar refractivity (Wildman–Crippen MR) is 82.8 cm³/mol. The van der Waals surface area contributed by atoms with E-state index in [0.717, 1.165) is 0 Å². The molecular weight excluding hydrogens is 292 g/mol. The van der Waals surface area contributed by atoms with Crippen LogP contribution in [0.25, 0.3) is 0 Å². The largest absolute Gasteiger partial charge is 0.306 e. The standard InChI is InChI=1S/C17H18ClF2N/c1-4-21-17(12-7-5-6-10(2)16(12)20)13-8-11(3)15(19)9-14(13)18/h5-9,17,21H,4H2,1-3H3. The van der Waals surface area contributed by atoms with E-state index >= 15 is 0 Å². The van der Waals surface area contributed by atoms with Crippen LogP contribution in [0.1, 0.15) is 35.2 Å². The molecule has 1 nitrogen and oxygen atoms in total. The minimum Gasteiger partial charge on any atom is -0.306 e. The van der Waals surface area contributed by atoms with Crippen LogP contribution in [0.3, 0.4) is 0 Å². The molecule has 0 heterocycles. The zero-order valence-corrected chi connectivity index (χ0v) is 13.1. The molecule has 0 radical (unpaired) electrons. The number of halogens is 3. The summed E-state index contributed by atoms with van der Waals surface area (Å²) in [4.78, 5) is 0. The third-order valence-corrected chi connectivity index (χ3v) is 3.86. The first-order valence-electron chi connectivity index (χ1n) is 6.89. The molecule has 0 aliphatic carbocycles. The van der Waals surface area contributed by atoms with E-state index in [-0.39, 0.29) is 11.6 Å². The molecule has 2 rings (SSSR count). The molecule has 2 aromatic rings. The first-order valence-corrected chi connectivity index (χ1v) is 7.27. The van der Waals surface area contributed by atoms with Gasteiger partial charge in [-0.1, -0.05) is 36.7 Å². The van der Waals surface area contributed by atoms with Gasteiger partial charge in [0.2, 0.25) is 0 Å². The van der Waals surface area contributed by atoms with Crippen LogP contribution in [0.2, 0.25) is 5.02 Å². The molecule has 0 spiro atoms. The summed E-state index contributed by atoms with van der Waals surface area (Å²) in [5.41, 5.74) is 2.27. The van der Waals surface area contributed by atoms with Crippen molar-refractivity contribution in [3.8, 4) is 0 Å². The third kappa shape index (κ3) is 3.25. The van der Waals surface area contributed by atoms with Crippen molar-refractivity contribution in [1.29, 1.82) is 0 Å². The van der Waals surface area contributed by atoms with E-state index in [1.807, 2.05) is 13.0 Å². The summed E-state index contributed by atoms with van der Waals surface area (Å²) in [6, 6.07) is 7.81. The Hall–Kier alpha value is -1.45. The van der Waals surface area contributed by atoms with E-state index in [2.05, 4.69) is 5.32 Å². The maximum atomic E-state index is 14.4. The van der Waals surface area contributed by atoms with Gasteiger partial charge in [-0.25, -0.2) is 8.78 Å². The van der Waals surface area contributed by atoms with Gasteiger partial charge in [0, 0.05) is 10.6 Å². The highest BCUT2D eigenvalue weighted by Gasteiger charge is 2.21. The summed E-state index contributed by atoms with van der Waals surface area (Å²) < 4.78 is 28.0. The molecule has 0 bridgehead atoms. The Morgan fingerprint density at radius 3 is 2.48 bits per heavy atom. The Bertz CT molecular complexity index is 655. The van der Waals surface area contributed by atoms with E-state index in [0.29, 0.717) is 33.8 Å². The van der Waals surface area contributed by atoms with Gasteiger partial charge in [-0.3, -0.25) is 0 Å². The van der Waals surface area contributed by atoms with E-state index in [4.69, 9.17) is 11.6 Å². The predicted octanol–water partition coefficient (Wildman–Crippen LogP) is 4.93. The molecule has 0 aliphatic heterocycles. The number of aryl methyl sites for hydroxylation is 2. The van der Waals surface area contributed by atoms with E-state index in [9.17, 15) is 8.78 Å². The van der Waals surface area contributed by atoms with Crippen LogP contribution >= 0.6 is 11.6 Å². The van der Waals surface area contributed by atoms with Crippen molar-refractivity contribution in [3.63, 3.8) is 0 Å². The van der Waals surface area contributed by atoms with Crippen LogP contribution in [0.5, 0.6) is 0 Å². The molecule has 4 heteroatoms. The molecule has 2 aromatic carbocycles. The van der Waals surface area contributed by atoms with Crippen LogP contribution in [-0.4, -0.2) is 6.54 Å². The minimum atomic E-state index is -0.401. The Morgan fingerprint density at radius 1 is 1.10 bits per heavy atom. The summed E-state index contributed by atoms with van der Waals surface area (Å²) in [5, 5.41) is 3.52. The van der Waals surface area contributed by atoms with Gasteiger partial charge in [0.1, 0.15) is 11.6 Å². The SMILES string of the molecule is CCNC(c1cc(C)c(F)cc1Cl)c1cccc(C)c1F. The summed E-state index contributed by atoms with van der Waals surface area (Å²) in [6.45, 7) is 5.97. The van der Waals surface area contributed by atoms with Gasteiger partial charge in [0.05, 0.1) is 6.04 Å². The topological polar surface area (TPSA) is 12.0 Å². The van der Waals surface area contributed by atoms with E-state index in [1.165, 1.54) is 6.07 Å². The van der Waals surface area contributed by atoms with Crippen molar-refractivity contribution >= 4 is 11.6 Å². The van der Waals surface area contributed by atoms with Gasteiger partial charge in [0.25, 0.3) is 0 Å². The molecule has 0 saturated carbocycles. The van der Waals surface area contributed by atoms with Crippen LogP contribution in [0, 0.1) is 25.5 Å². The zero-order chi connectivity index (χ0) is 15.6. The molecule has 0 aliphatic rings. The average molecular weight is 310 g/mol. The fraction of sp³-hybridized carbons (Fsp3) is 0.294. The fourth-order valence-corrected chi connectivity index (χ4v) is 2.64. The van der Waals surface area contributed by atoms with Crippen molar-refractivity contribution in [1.82, 2.24) is 5.32 Å². The number of hydrogen-bond donors (Lipinski definition) is 1. The molecule has 0 saturated heterocycles. The Kier molecular flexibility index (Phi) is 4.96. The van der Waals surface area contributed by atoms with Crippen molar-refractivity contribution in [2.75, 3.05) is 6.54 Å². The van der Waals surface area contributed by atoms with Crippen LogP contribution < -0.4 is 5.32 Å². The molecule has 0 fully saturated rings. The molecule has 0 amide bonds. The van der Waals surface area contributed by atoms with Crippen LogP contribution in [0.4, 0.5) is 8.78 Å². The van der Waals surface area contributed by atoms with Gasteiger partial charge in [-0.05, 0) is 49.2 Å². The Labute approximate surface area is 128 Å². The molecular formula is C17H18ClF2N. The Morgan fingerprint density at radius 2 is 1.81 bits per heavy atom. The summed E-state index contributed by atoms with van der Waals surface area (Å²) in [6.07, 6.45) is 0. The van der Waals surface area contributed by atoms with Crippen molar-refractivity contribution in [2.45, 2.75) is 26.8 Å². The number of hydrogen-bond acceptors (Lipinski definition) is 1. The molecule has 1 N–H and O–H groups in total. The van der Waals surface area contributed by atoms with Gasteiger partial charge >= 0.3 is 0 Å². The molecule has 1 atom stereocenters.